The lowest BCUT2D eigenvalue weighted by molar-refractivity contribution is 0.0952. The van der Waals surface area contributed by atoms with Crippen molar-refractivity contribution in [1.82, 2.24) is 5.43 Å². The number of thioether (sulfide) groups is 1. The SMILES string of the molecule is NNC(=O)c1ccoc1CSc1cccc(N)c1. The third kappa shape index (κ3) is 2.85. The van der Waals surface area contributed by atoms with Gasteiger partial charge in [-0.2, -0.15) is 0 Å². The maximum Gasteiger partial charge on any atom is 0.268 e. The van der Waals surface area contributed by atoms with E-state index in [-0.39, 0.29) is 5.91 Å². The highest BCUT2D eigenvalue weighted by Crippen LogP contribution is 2.26. The zero-order valence-electron chi connectivity index (χ0n) is 9.55. The first-order valence-electron chi connectivity index (χ1n) is 5.26. The summed E-state index contributed by atoms with van der Waals surface area (Å²) in [7, 11) is 0. The average Bonchev–Trinajstić information content (AvgIpc) is 2.84. The van der Waals surface area contributed by atoms with Gasteiger partial charge in [0.1, 0.15) is 5.76 Å². The van der Waals surface area contributed by atoms with Crippen molar-refractivity contribution in [3.05, 3.63) is 47.9 Å². The molecule has 1 amide bonds. The molecule has 6 heteroatoms. The van der Waals surface area contributed by atoms with E-state index in [4.69, 9.17) is 16.0 Å². The number of amides is 1. The normalized spacial score (nSPS) is 10.3. The molecule has 1 aromatic carbocycles. The summed E-state index contributed by atoms with van der Waals surface area (Å²) in [4.78, 5) is 12.5. The van der Waals surface area contributed by atoms with Crippen molar-refractivity contribution in [2.75, 3.05) is 5.73 Å². The van der Waals surface area contributed by atoms with E-state index in [9.17, 15) is 4.79 Å². The second kappa shape index (κ2) is 5.61. The highest BCUT2D eigenvalue weighted by molar-refractivity contribution is 7.98. The molecule has 0 spiro atoms. The van der Waals surface area contributed by atoms with Gasteiger partial charge < -0.3 is 10.2 Å². The van der Waals surface area contributed by atoms with E-state index in [0.717, 1.165) is 4.90 Å². The fourth-order valence-electron chi connectivity index (χ4n) is 1.49. The summed E-state index contributed by atoms with van der Waals surface area (Å²) < 4.78 is 5.27. The third-order valence-electron chi connectivity index (χ3n) is 2.35. The lowest BCUT2D eigenvalue weighted by atomic mass is 10.2. The quantitative estimate of drug-likeness (QED) is 0.257. The van der Waals surface area contributed by atoms with E-state index >= 15 is 0 Å². The molecule has 18 heavy (non-hydrogen) atoms. The Hall–Kier alpha value is -1.92. The van der Waals surface area contributed by atoms with Crippen molar-refractivity contribution in [2.24, 2.45) is 5.84 Å². The van der Waals surface area contributed by atoms with Gasteiger partial charge in [-0.25, -0.2) is 5.84 Å². The first kappa shape index (κ1) is 12.5. The molecule has 2 rings (SSSR count). The van der Waals surface area contributed by atoms with Gasteiger partial charge in [0.25, 0.3) is 5.91 Å². The molecule has 94 valence electrons. The van der Waals surface area contributed by atoms with Gasteiger partial charge in [0.2, 0.25) is 0 Å². The molecule has 0 unspecified atom stereocenters. The molecule has 0 atom stereocenters. The van der Waals surface area contributed by atoms with Gasteiger partial charge in [0.15, 0.2) is 0 Å². The molecule has 0 bridgehead atoms. The van der Waals surface area contributed by atoms with E-state index < -0.39 is 0 Å². The number of anilines is 1. The molecule has 0 aliphatic heterocycles. The summed E-state index contributed by atoms with van der Waals surface area (Å²) in [5.74, 6) is 5.87. The van der Waals surface area contributed by atoms with Crippen LogP contribution in [0.2, 0.25) is 0 Å². The minimum Gasteiger partial charge on any atom is -0.468 e. The van der Waals surface area contributed by atoms with Crippen LogP contribution in [0.15, 0.2) is 45.9 Å². The molecule has 0 aliphatic rings. The van der Waals surface area contributed by atoms with Crippen LogP contribution in [0.4, 0.5) is 5.69 Å². The number of nitrogen functional groups attached to an aromatic ring is 2. The topological polar surface area (TPSA) is 94.3 Å². The molecule has 0 fully saturated rings. The maximum atomic E-state index is 11.4. The largest absolute Gasteiger partial charge is 0.468 e. The molecule has 0 radical (unpaired) electrons. The van der Waals surface area contributed by atoms with Crippen molar-refractivity contribution in [2.45, 2.75) is 10.6 Å². The Morgan fingerprint density at radius 1 is 1.39 bits per heavy atom. The van der Waals surface area contributed by atoms with Crippen LogP contribution in [0.1, 0.15) is 16.1 Å². The predicted octanol–water partition coefficient (Wildman–Crippen LogP) is 1.76. The van der Waals surface area contributed by atoms with Gasteiger partial charge in [-0.15, -0.1) is 11.8 Å². The van der Waals surface area contributed by atoms with Crippen LogP contribution in [0.3, 0.4) is 0 Å². The number of hydrazine groups is 1. The van der Waals surface area contributed by atoms with Gasteiger partial charge in [-0.3, -0.25) is 10.2 Å². The van der Waals surface area contributed by atoms with E-state index in [1.54, 1.807) is 6.07 Å². The van der Waals surface area contributed by atoms with Crippen molar-refractivity contribution >= 4 is 23.4 Å². The Bertz CT molecular complexity index is 554. The number of furan rings is 1. The van der Waals surface area contributed by atoms with Crippen LogP contribution >= 0.6 is 11.8 Å². The second-order valence-corrected chi connectivity index (χ2v) is 4.64. The molecule has 0 saturated carbocycles. The number of nitrogens with one attached hydrogen (secondary N) is 1. The van der Waals surface area contributed by atoms with Crippen LogP contribution in [-0.4, -0.2) is 5.91 Å². The number of nitrogens with two attached hydrogens (primary N) is 2. The molecular formula is C12H13N3O2S. The standard InChI is InChI=1S/C12H13N3O2S/c13-8-2-1-3-9(6-8)18-7-11-10(4-5-17-11)12(16)15-14/h1-6H,7,13-14H2,(H,15,16). The van der Waals surface area contributed by atoms with E-state index in [2.05, 4.69) is 5.43 Å². The van der Waals surface area contributed by atoms with Crippen molar-refractivity contribution in [1.29, 1.82) is 0 Å². The van der Waals surface area contributed by atoms with Gasteiger partial charge >= 0.3 is 0 Å². The van der Waals surface area contributed by atoms with Crippen LogP contribution in [0.5, 0.6) is 0 Å². The van der Waals surface area contributed by atoms with Gasteiger partial charge in [-0.05, 0) is 24.3 Å². The number of hydrogen-bond acceptors (Lipinski definition) is 5. The zero-order chi connectivity index (χ0) is 13.0. The minimum atomic E-state index is -0.355. The molecule has 0 aliphatic carbocycles. The number of benzene rings is 1. The van der Waals surface area contributed by atoms with E-state index in [1.807, 2.05) is 24.3 Å². The van der Waals surface area contributed by atoms with Gasteiger partial charge in [-0.1, -0.05) is 6.07 Å². The molecular weight excluding hydrogens is 250 g/mol. The summed E-state index contributed by atoms with van der Waals surface area (Å²) in [5, 5.41) is 0. The fourth-order valence-corrected chi connectivity index (χ4v) is 2.40. The number of carbonyl (C=O) groups excluding carboxylic acids is 1. The molecule has 5 nitrogen and oxygen atoms in total. The number of carbonyl (C=O) groups is 1. The first-order valence-corrected chi connectivity index (χ1v) is 6.25. The Morgan fingerprint density at radius 2 is 2.22 bits per heavy atom. The van der Waals surface area contributed by atoms with Gasteiger partial charge in [0.05, 0.1) is 17.6 Å². The van der Waals surface area contributed by atoms with Crippen molar-refractivity contribution in [3.63, 3.8) is 0 Å². The van der Waals surface area contributed by atoms with Crippen LogP contribution in [0.25, 0.3) is 0 Å². The Balaban J connectivity index is 2.07. The molecule has 1 aromatic heterocycles. The fraction of sp³-hybridized carbons (Fsp3) is 0.0833. The summed E-state index contributed by atoms with van der Waals surface area (Å²) in [6.07, 6.45) is 1.47. The first-order chi connectivity index (χ1) is 8.70. The maximum absolute atomic E-state index is 11.4. The minimum absolute atomic E-state index is 0.355. The average molecular weight is 263 g/mol. The molecule has 1 heterocycles. The summed E-state index contributed by atoms with van der Waals surface area (Å²) in [5.41, 5.74) is 8.94. The summed E-state index contributed by atoms with van der Waals surface area (Å²) >= 11 is 1.54. The van der Waals surface area contributed by atoms with E-state index in [1.165, 1.54) is 18.0 Å². The van der Waals surface area contributed by atoms with Crippen LogP contribution in [0, 0.1) is 0 Å². The second-order valence-electron chi connectivity index (χ2n) is 3.59. The predicted molar refractivity (Wildman–Crippen MR) is 70.8 cm³/mol. The Morgan fingerprint density at radius 3 is 2.94 bits per heavy atom. The highest BCUT2D eigenvalue weighted by Gasteiger charge is 2.13. The van der Waals surface area contributed by atoms with Crippen LogP contribution < -0.4 is 17.0 Å². The third-order valence-corrected chi connectivity index (χ3v) is 3.34. The Kier molecular flexibility index (Phi) is 3.91. The smallest absolute Gasteiger partial charge is 0.268 e. The zero-order valence-corrected chi connectivity index (χ0v) is 10.4. The van der Waals surface area contributed by atoms with E-state index in [0.29, 0.717) is 22.8 Å². The van der Waals surface area contributed by atoms with Crippen LogP contribution in [-0.2, 0) is 5.75 Å². The summed E-state index contributed by atoms with van der Waals surface area (Å²) in [6, 6.07) is 9.12. The molecule has 5 N–H and O–H groups in total. The molecule has 2 aromatic rings. The number of rotatable bonds is 4. The molecule has 0 saturated heterocycles. The van der Waals surface area contributed by atoms with Gasteiger partial charge in [0, 0.05) is 10.6 Å². The highest BCUT2D eigenvalue weighted by atomic mass is 32.2. The number of hydrogen-bond donors (Lipinski definition) is 3. The van der Waals surface area contributed by atoms with Crippen molar-refractivity contribution in [3.8, 4) is 0 Å². The monoisotopic (exact) mass is 263 g/mol. The lowest BCUT2D eigenvalue weighted by Gasteiger charge is -2.03. The lowest BCUT2D eigenvalue weighted by Crippen LogP contribution is -2.30. The van der Waals surface area contributed by atoms with Crippen molar-refractivity contribution < 1.29 is 9.21 Å². The summed E-state index contributed by atoms with van der Waals surface area (Å²) in [6.45, 7) is 0. The Labute approximate surface area is 108 Å².